The molecule has 0 spiro atoms. The summed E-state index contributed by atoms with van der Waals surface area (Å²) in [6.07, 6.45) is 18.5. The monoisotopic (exact) mass is 646 g/mol. The van der Waals surface area contributed by atoms with E-state index in [-0.39, 0.29) is 0 Å². The van der Waals surface area contributed by atoms with E-state index < -0.39 is 10.8 Å². The van der Waals surface area contributed by atoms with E-state index in [9.17, 15) is 4.21 Å². The Morgan fingerprint density at radius 3 is 2.65 bits per heavy atom. The Hall–Kier alpha value is -2.82. The highest BCUT2D eigenvalue weighted by molar-refractivity contribution is 8.03. The maximum atomic E-state index is 12.1. The van der Waals surface area contributed by atoms with E-state index in [1.807, 2.05) is 17.4 Å². The summed E-state index contributed by atoms with van der Waals surface area (Å²) in [4.78, 5) is 5.54. The highest BCUT2D eigenvalue weighted by Gasteiger charge is 2.25. The molecule has 43 heavy (non-hydrogen) atoms. The zero-order valence-electron chi connectivity index (χ0n) is 24.9. The van der Waals surface area contributed by atoms with Gasteiger partial charge in [-0.2, -0.15) is 4.57 Å². The first kappa shape index (κ1) is 30.2. The molecular formula is C34H36N3O2S4+. The summed E-state index contributed by atoms with van der Waals surface area (Å²) in [6.45, 7) is 6.16. The number of aromatic nitrogens is 2. The minimum atomic E-state index is -0.998. The van der Waals surface area contributed by atoms with Gasteiger partial charge < -0.3 is 13.7 Å². The van der Waals surface area contributed by atoms with Crippen LogP contribution in [0.1, 0.15) is 38.1 Å². The van der Waals surface area contributed by atoms with E-state index >= 15 is 0 Å². The van der Waals surface area contributed by atoms with Gasteiger partial charge in [-0.3, -0.25) is 4.21 Å². The fraction of sp³-hybridized carbons (Fsp3) is 0.265. The molecule has 2 aliphatic rings. The molecule has 0 saturated heterocycles. The Morgan fingerprint density at radius 1 is 1.07 bits per heavy atom. The number of fused-ring (bicyclic) bond motifs is 2. The van der Waals surface area contributed by atoms with Crippen molar-refractivity contribution in [1.82, 2.24) is 4.57 Å². The van der Waals surface area contributed by atoms with Crippen LogP contribution in [0, 0.1) is 0 Å². The molecule has 4 aromatic rings. The standard InChI is InChI=1S/C34H36N3O2S4/c1-5-36-28-22-26(42-39-3)14-16-30(28)40-32(36)18-12-24-10-9-11-25(34(24)35-20-7-8-21-35)13-19-33-37(6-2)29-23-27(43(4)38)15-17-31(29)41-33/h7-8,12-23H,5-6,9-11H2,1-4H3/q+1. The number of anilines is 1. The summed E-state index contributed by atoms with van der Waals surface area (Å²) in [6, 6.07) is 16.9. The van der Waals surface area contributed by atoms with E-state index in [1.165, 1.54) is 54.0 Å². The van der Waals surface area contributed by atoms with Crippen LogP contribution in [0.3, 0.4) is 0 Å². The van der Waals surface area contributed by atoms with Crippen molar-refractivity contribution >= 4 is 73.6 Å². The lowest BCUT2D eigenvalue weighted by Gasteiger charge is -2.23. The van der Waals surface area contributed by atoms with E-state index in [1.54, 1.807) is 25.1 Å². The van der Waals surface area contributed by atoms with Crippen LogP contribution in [0.5, 0.6) is 0 Å². The lowest BCUT2D eigenvalue weighted by molar-refractivity contribution is -0.665. The lowest BCUT2D eigenvalue weighted by Crippen LogP contribution is -2.33. The van der Waals surface area contributed by atoms with Gasteiger partial charge in [-0.15, -0.1) is 0 Å². The van der Waals surface area contributed by atoms with Gasteiger partial charge in [0.15, 0.2) is 0 Å². The minimum absolute atomic E-state index is 0.862. The molecule has 6 rings (SSSR count). The molecule has 9 heteroatoms. The van der Waals surface area contributed by atoms with Crippen molar-refractivity contribution in [3.63, 3.8) is 0 Å². The largest absolute Gasteiger partial charge is 0.335 e. The second-order valence-electron chi connectivity index (χ2n) is 10.3. The number of nitrogens with zero attached hydrogens (tertiary/aromatic N) is 3. The van der Waals surface area contributed by atoms with E-state index in [2.05, 4.69) is 107 Å². The number of rotatable bonds is 9. The van der Waals surface area contributed by atoms with Crippen LogP contribution >= 0.6 is 35.1 Å². The second kappa shape index (κ2) is 13.4. The van der Waals surface area contributed by atoms with Gasteiger partial charge in [-0.05, 0) is 98.9 Å². The first-order chi connectivity index (χ1) is 21.0. The van der Waals surface area contributed by atoms with Gasteiger partial charge in [-0.25, -0.2) is 0 Å². The van der Waals surface area contributed by atoms with Gasteiger partial charge in [0.25, 0.3) is 5.01 Å². The van der Waals surface area contributed by atoms with Crippen molar-refractivity contribution in [3.05, 3.63) is 100 Å². The van der Waals surface area contributed by atoms with Crippen molar-refractivity contribution in [2.45, 2.75) is 54.3 Å². The van der Waals surface area contributed by atoms with Crippen molar-refractivity contribution in [2.75, 3.05) is 24.8 Å². The van der Waals surface area contributed by atoms with Crippen molar-refractivity contribution in [1.29, 1.82) is 0 Å². The molecule has 2 aromatic carbocycles. The molecular weight excluding hydrogens is 611 g/mol. The van der Waals surface area contributed by atoms with Crippen molar-refractivity contribution < 1.29 is 13.0 Å². The first-order valence-corrected chi connectivity index (χ1v) is 18.5. The number of benzene rings is 2. The topological polar surface area (TPSA) is 38.4 Å². The Bertz CT molecular complexity index is 1800. The van der Waals surface area contributed by atoms with Crippen LogP contribution < -0.4 is 9.47 Å². The zero-order valence-corrected chi connectivity index (χ0v) is 28.2. The SMILES string of the molecule is CCN1C(=CC=C2CCCC(C=Cc3sc4ccc(SOC)cc4[n+]3CC)=C2n2cccc2)Sc2ccc(S(C)=O)cc21. The van der Waals surface area contributed by atoms with Gasteiger partial charge >= 0.3 is 0 Å². The van der Waals surface area contributed by atoms with Gasteiger partial charge in [-0.1, -0.05) is 29.2 Å². The first-order valence-electron chi connectivity index (χ1n) is 14.6. The molecule has 0 saturated carbocycles. The minimum Gasteiger partial charge on any atom is -0.335 e. The molecule has 1 atom stereocenters. The third-order valence-corrected chi connectivity index (χ3v) is 11.6. The average Bonchev–Trinajstić information content (AvgIpc) is 3.75. The molecule has 0 bridgehead atoms. The smallest absolute Gasteiger partial charge is 0.262 e. The van der Waals surface area contributed by atoms with Gasteiger partial charge in [0.2, 0.25) is 5.52 Å². The molecule has 1 aliphatic carbocycles. The Morgan fingerprint density at radius 2 is 1.91 bits per heavy atom. The molecule has 2 aromatic heterocycles. The Labute approximate surface area is 269 Å². The van der Waals surface area contributed by atoms with Crippen LogP contribution in [0.2, 0.25) is 0 Å². The molecule has 0 radical (unpaired) electrons. The van der Waals surface area contributed by atoms with Crippen molar-refractivity contribution in [2.24, 2.45) is 0 Å². The molecule has 3 heterocycles. The van der Waals surface area contributed by atoms with Crippen molar-refractivity contribution in [3.8, 4) is 0 Å². The Balaban J connectivity index is 1.37. The third kappa shape index (κ3) is 6.24. The molecule has 222 valence electrons. The number of hydrogen-bond acceptors (Lipinski definition) is 6. The van der Waals surface area contributed by atoms with Crippen LogP contribution in [0.25, 0.3) is 22.0 Å². The summed E-state index contributed by atoms with van der Waals surface area (Å²) in [5.41, 5.74) is 6.38. The molecule has 5 nitrogen and oxygen atoms in total. The highest BCUT2D eigenvalue weighted by atomic mass is 32.2. The quantitative estimate of drug-likeness (QED) is 0.134. The summed E-state index contributed by atoms with van der Waals surface area (Å²) in [7, 11) is 0.712. The summed E-state index contributed by atoms with van der Waals surface area (Å²) in [5, 5.41) is 2.46. The number of aryl methyl sites for hydroxylation is 1. The molecule has 0 amide bonds. The maximum Gasteiger partial charge on any atom is 0.262 e. The number of thiazole rings is 1. The van der Waals surface area contributed by atoms with E-state index in [0.29, 0.717) is 0 Å². The van der Waals surface area contributed by atoms with E-state index in [0.717, 1.165) is 47.8 Å². The van der Waals surface area contributed by atoms with Crippen LogP contribution in [-0.2, 0) is 21.5 Å². The fourth-order valence-corrected chi connectivity index (χ4v) is 9.02. The predicted molar refractivity (Wildman–Crippen MR) is 185 cm³/mol. The van der Waals surface area contributed by atoms with Gasteiger partial charge in [0.1, 0.15) is 11.2 Å². The Kier molecular flexibility index (Phi) is 9.45. The predicted octanol–water partition coefficient (Wildman–Crippen LogP) is 8.91. The van der Waals surface area contributed by atoms with Gasteiger partial charge in [0.05, 0.1) is 23.5 Å². The van der Waals surface area contributed by atoms with Crippen LogP contribution in [0.4, 0.5) is 5.69 Å². The number of thioether (sulfide) groups is 1. The second-order valence-corrected chi connectivity index (χ2v) is 14.8. The molecule has 1 aliphatic heterocycles. The fourth-order valence-electron chi connectivity index (χ4n) is 5.78. The third-order valence-electron chi connectivity index (χ3n) is 7.76. The van der Waals surface area contributed by atoms with E-state index in [4.69, 9.17) is 4.18 Å². The summed E-state index contributed by atoms with van der Waals surface area (Å²) in [5.74, 6) is 0. The summed E-state index contributed by atoms with van der Waals surface area (Å²) >= 11 is 5.03. The average molecular weight is 647 g/mol. The lowest BCUT2D eigenvalue weighted by atomic mass is 9.90. The van der Waals surface area contributed by atoms with Crippen LogP contribution in [0.15, 0.2) is 110 Å². The molecule has 0 fully saturated rings. The number of hydrogen-bond donors (Lipinski definition) is 0. The number of allylic oxidation sites excluding steroid dienone is 6. The highest BCUT2D eigenvalue weighted by Crippen LogP contribution is 2.47. The normalized spacial score (nSPS) is 18.1. The molecule has 1 unspecified atom stereocenters. The molecule has 0 N–H and O–H groups in total. The summed E-state index contributed by atoms with van der Waals surface area (Å²) < 4.78 is 23.4. The zero-order chi connectivity index (χ0) is 29.9. The maximum absolute atomic E-state index is 12.1. The van der Waals surface area contributed by atoms with Gasteiger partial charge in [0, 0.05) is 74.9 Å². The van der Waals surface area contributed by atoms with Crippen LogP contribution in [-0.4, -0.2) is 28.7 Å².